The third-order valence-corrected chi connectivity index (χ3v) is 3.19. The minimum absolute atomic E-state index is 0.0498. The first kappa shape index (κ1) is 14.7. The minimum Gasteiger partial charge on any atom is -0.327 e. The Morgan fingerprint density at radius 2 is 1.83 bits per heavy atom. The van der Waals surface area contributed by atoms with Gasteiger partial charge in [0.25, 0.3) is 0 Å². The van der Waals surface area contributed by atoms with Gasteiger partial charge in [-0.1, -0.05) is 39.0 Å². The Bertz CT molecular complexity index is 381. The molecule has 0 heterocycles. The van der Waals surface area contributed by atoms with Gasteiger partial charge in [0.1, 0.15) is 0 Å². The van der Waals surface area contributed by atoms with Crippen LogP contribution in [0.2, 0.25) is 0 Å². The summed E-state index contributed by atoms with van der Waals surface area (Å²) in [6, 6.07) is 9.60. The predicted molar refractivity (Wildman–Crippen MR) is 76.5 cm³/mol. The van der Waals surface area contributed by atoms with Gasteiger partial charge in [-0.15, -0.1) is 0 Å². The molecular weight excluding hydrogens is 224 g/mol. The number of nitrogens with zero attached hydrogens (tertiary/aromatic N) is 1. The van der Waals surface area contributed by atoms with Crippen molar-refractivity contribution in [3.05, 3.63) is 30.3 Å². The van der Waals surface area contributed by atoms with E-state index in [0.717, 1.165) is 5.69 Å². The molecule has 2 N–H and O–H groups in total. The molecule has 0 aliphatic rings. The van der Waals surface area contributed by atoms with E-state index in [1.807, 2.05) is 37.3 Å². The highest BCUT2D eigenvalue weighted by Gasteiger charge is 2.25. The van der Waals surface area contributed by atoms with Gasteiger partial charge in [-0.05, 0) is 24.5 Å². The summed E-state index contributed by atoms with van der Waals surface area (Å²) in [6.07, 6.45) is 0.381. The summed E-state index contributed by atoms with van der Waals surface area (Å²) in [5.74, 6) is 0.0890. The highest BCUT2D eigenvalue weighted by Crippen LogP contribution is 2.22. The average molecular weight is 248 g/mol. The van der Waals surface area contributed by atoms with Crippen molar-refractivity contribution in [2.45, 2.75) is 40.2 Å². The topological polar surface area (TPSA) is 46.3 Å². The van der Waals surface area contributed by atoms with E-state index in [0.29, 0.717) is 13.0 Å². The molecule has 1 aromatic rings. The molecule has 3 heteroatoms. The number of para-hydroxylation sites is 1. The molecule has 0 aliphatic heterocycles. The van der Waals surface area contributed by atoms with Crippen molar-refractivity contribution in [1.29, 1.82) is 0 Å². The van der Waals surface area contributed by atoms with E-state index >= 15 is 0 Å². The monoisotopic (exact) mass is 248 g/mol. The van der Waals surface area contributed by atoms with Gasteiger partial charge in [-0.2, -0.15) is 0 Å². The Morgan fingerprint density at radius 3 is 2.28 bits per heavy atom. The maximum atomic E-state index is 12.3. The number of carbonyl (C=O) groups is 1. The molecule has 0 aliphatic carbocycles. The third-order valence-electron chi connectivity index (χ3n) is 3.19. The summed E-state index contributed by atoms with van der Waals surface area (Å²) in [4.78, 5) is 14.1. The summed E-state index contributed by atoms with van der Waals surface area (Å²) < 4.78 is 0. The molecular formula is C15H24N2O. The Balaban J connectivity index is 2.76. The second-order valence-electron chi connectivity index (χ2n) is 5.65. The largest absolute Gasteiger partial charge is 0.327 e. The lowest BCUT2D eigenvalue weighted by molar-refractivity contribution is -0.119. The van der Waals surface area contributed by atoms with E-state index in [-0.39, 0.29) is 17.4 Å². The van der Waals surface area contributed by atoms with E-state index in [1.54, 1.807) is 4.90 Å². The molecule has 0 saturated carbocycles. The lowest BCUT2D eigenvalue weighted by atomic mass is 9.85. The normalized spacial score (nSPS) is 13.2. The molecule has 0 fully saturated rings. The molecule has 1 atom stereocenters. The van der Waals surface area contributed by atoms with E-state index < -0.39 is 0 Å². The standard InChI is InChI=1S/C15H24N2O/c1-5-17(12-9-7-6-8-10-12)14(18)11-13(16)15(2,3)4/h6-10,13H,5,11,16H2,1-4H3. The van der Waals surface area contributed by atoms with Crippen LogP contribution in [0.25, 0.3) is 0 Å². The first-order chi connectivity index (χ1) is 8.36. The van der Waals surface area contributed by atoms with Crippen LogP contribution in [0.3, 0.4) is 0 Å². The van der Waals surface area contributed by atoms with Gasteiger partial charge in [0.2, 0.25) is 5.91 Å². The molecule has 0 spiro atoms. The van der Waals surface area contributed by atoms with Crippen LogP contribution >= 0.6 is 0 Å². The van der Waals surface area contributed by atoms with E-state index in [2.05, 4.69) is 20.8 Å². The van der Waals surface area contributed by atoms with Gasteiger partial charge in [0, 0.05) is 24.7 Å². The van der Waals surface area contributed by atoms with Crippen molar-refractivity contribution in [3.8, 4) is 0 Å². The van der Waals surface area contributed by atoms with Crippen LogP contribution in [-0.4, -0.2) is 18.5 Å². The number of hydrogen-bond donors (Lipinski definition) is 1. The number of carbonyl (C=O) groups excluding carboxylic acids is 1. The van der Waals surface area contributed by atoms with Crippen LogP contribution < -0.4 is 10.6 Å². The summed E-state index contributed by atoms with van der Waals surface area (Å²) in [7, 11) is 0. The van der Waals surface area contributed by atoms with Crippen LogP contribution in [0.4, 0.5) is 5.69 Å². The second-order valence-corrected chi connectivity index (χ2v) is 5.65. The molecule has 0 saturated heterocycles. The number of hydrogen-bond acceptors (Lipinski definition) is 2. The molecule has 1 unspecified atom stereocenters. The number of benzene rings is 1. The second kappa shape index (κ2) is 6.01. The molecule has 3 nitrogen and oxygen atoms in total. The zero-order valence-corrected chi connectivity index (χ0v) is 11.8. The summed E-state index contributed by atoms with van der Waals surface area (Å²) in [5, 5.41) is 0. The van der Waals surface area contributed by atoms with Crippen molar-refractivity contribution in [2.24, 2.45) is 11.1 Å². The number of anilines is 1. The molecule has 1 aromatic carbocycles. The fraction of sp³-hybridized carbons (Fsp3) is 0.533. The van der Waals surface area contributed by atoms with Gasteiger partial charge >= 0.3 is 0 Å². The lowest BCUT2D eigenvalue weighted by Gasteiger charge is -2.29. The molecule has 18 heavy (non-hydrogen) atoms. The first-order valence-electron chi connectivity index (χ1n) is 6.47. The fourth-order valence-electron chi connectivity index (χ4n) is 1.72. The third kappa shape index (κ3) is 3.84. The van der Waals surface area contributed by atoms with Gasteiger partial charge in [-0.3, -0.25) is 4.79 Å². The maximum absolute atomic E-state index is 12.3. The Hall–Kier alpha value is -1.35. The van der Waals surface area contributed by atoms with E-state index in [1.165, 1.54) is 0 Å². The molecule has 100 valence electrons. The van der Waals surface area contributed by atoms with Crippen molar-refractivity contribution in [3.63, 3.8) is 0 Å². The van der Waals surface area contributed by atoms with Crippen LogP contribution in [0.1, 0.15) is 34.1 Å². The Kier molecular flexibility index (Phi) is 4.91. The fourth-order valence-corrected chi connectivity index (χ4v) is 1.72. The molecule has 1 rings (SSSR count). The SMILES string of the molecule is CCN(C(=O)CC(N)C(C)(C)C)c1ccccc1. The molecule has 1 amide bonds. The maximum Gasteiger partial charge on any atom is 0.228 e. The molecule has 0 radical (unpaired) electrons. The zero-order valence-electron chi connectivity index (χ0n) is 11.8. The summed E-state index contributed by atoms with van der Waals surface area (Å²) >= 11 is 0. The Labute approximate surface area is 110 Å². The number of rotatable bonds is 4. The van der Waals surface area contributed by atoms with Gasteiger partial charge < -0.3 is 10.6 Å². The van der Waals surface area contributed by atoms with Crippen molar-refractivity contribution >= 4 is 11.6 Å². The highest BCUT2D eigenvalue weighted by molar-refractivity contribution is 5.93. The summed E-state index contributed by atoms with van der Waals surface area (Å²) in [5.41, 5.74) is 6.96. The number of amides is 1. The van der Waals surface area contributed by atoms with Gasteiger partial charge in [0.15, 0.2) is 0 Å². The average Bonchev–Trinajstić information content (AvgIpc) is 2.30. The van der Waals surface area contributed by atoms with E-state index in [9.17, 15) is 4.79 Å². The van der Waals surface area contributed by atoms with Crippen LogP contribution in [0.5, 0.6) is 0 Å². The molecule has 0 bridgehead atoms. The number of nitrogens with two attached hydrogens (primary N) is 1. The Morgan fingerprint density at radius 1 is 1.28 bits per heavy atom. The predicted octanol–water partition coefficient (Wildman–Crippen LogP) is 2.80. The van der Waals surface area contributed by atoms with E-state index in [4.69, 9.17) is 5.73 Å². The minimum atomic E-state index is -0.122. The van der Waals surface area contributed by atoms with Crippen LogP contribution in [-0.2, 0) is 4.79 Å². The quantitative estimate of drug-likeness (QED) is 0.890. The van der Waals surface area contributed by atoms with Crippen molar-refractivity contribution < 1.29 is 4.79 Å². The smallest absolute Gasteiger partial charge is 0.228 e. The van der Waals surface area contributed by atoms with Gasteiger partial charge in [-0.25, -0.2) is 0 Å². The highest BCUT2D eigenvalue weighted by atomic mass is 16.2. The molecule has 0 aromatic heterocycles. The van der Waals surface area contributed by atoms with Gasteiger partial charge in [0.05, 0.1) is 0 Å². The first-order valence-corrected chi connectivity index (χ1v) is 6.47. The van der Waals surface area contributed by atoms with Crippen molar-refractivity contribution in [2.75, 3.05) is 11.4 Å². The zero-order chi connectivity index (χ0) is 13.8. The van der Waals surface area contributed by atoms with Crippen LogP contribution in [0, 0.1) is 5.41 Å². The summed E-state index contributed by atoms with van der Waals surface area (Å²) in [6.45, 7) is 8.82. The van der Waals surface area contributed by atoms with Crippen molar-refractivity contribution in [1.82, 2.24) is 0 Å². The lowest BCUT2D eigenvalue weighted by Crippen LogP contribution is -2.41. The van der Waals surface area contributed by atoms with Crippen LogP contribution in [0.15, 0.2) is 30.3 Å².